The molecule has 1 aliphatic heterocycles. The van der Waals surface area contributed by atoms with E-state index in [4.69, 9.17) is 16.9 Å². The van der Waals surface area contributed by atoms with Crippen LogP contribution in [0, 0.1) is 17.1 Å². The fraction of sp³-hybridized carbons (Fsp3) is 0.179. The molecular weight excluding hydrogens is 557 g/mol. The molecular formula is C28H22BrClFN5O. The van der Waals surface area contributed by atoms with Crippen LogP contribution in [-0.4, -0.2) is 33.6 Å². The monoisotopic (exact) mass is 577 g/mol. The van der Waals surface area contributed by atoms with Crippen molar-refractivity contribution < 1.29 is 9.18 Å². The maximum Gasteiger partial charge on any atom is 0.326 e. The number of nitrogens with one attached hydrogen (secondary N) is 1. The summed E-state index contributed by atoms with van der Waals surface area (Å²) < 4.78 is 16.6. The average molecular weight is 579 g/mol. The number of benzene rings is 2. The molecule has 4 aromatic rings. The fourth-order valence-electron chi connectivity index (χ4n) is 4.65. The van der Waals surface area contributed by atoms with Crippen LogP contribution in [0.15, 0.2) is 65.3 Å². The molecule has 0 saturated carbocycles. The van der Waals surface area contributed by atoms with Crippen molar-refractivity contribution >= 4 is 50.5 Å². The summed E-state index contributed by atoms with van der Waals surface area (Å²) in [5, 5.41) is 13.3. The van der Waals surface area contributed by atoms with Crippen molar-refractivity contribution in [3.8, 4) is 6.07 Å². The van der Waals surface area contributed by atoms with Crippen LogP contribution in [0.5, 0.6) is 0 Å². The first kappa shape index (κ1) is 25.2. The molecule has 37 heavy (non-hydrogen) atoms. The molecule has 2 aromatic carbocycles. The molecule has 0 unspecified atom stereocenters. The number of rotatable bonds is 5. The van der Waals surface area contributed by atoms with Gasteiger partial charge >= 0.3 is 6.03 Å². The zero-order valence-electron chi connectivity index (χ0n) is 19.7. The minimum Gasteiger partial charge on any atom is -0.333 e. The van der Waals surface area contributed by atoms with Crippen molar-refractivity contribution in [2.75, 3.05) is 13.1 Å². The van der Waals surface area contributed by atoms with Gasteiger partial charge in [-0.1, -0.05) is 51.8 Å². The van der Waals surface area contributed by atoms with Crippen molar-refractivity contribution in [3.05, 3.63) is 104 Å². The Hall–Kier alpha value is -3.51. The Morgan fingerprint density at radius 2 is 2.11 bits per heavy atom. The molecule has 186 valence electrons. The third-order valence-electron chi connectivity index (χ3n) is 6.42. The first-order chi connectivity index (χ1) is 17.9. The maximum absolute atomic E-state index is 13.9. The van der Waals surface area contributed by atoms with E-state index in [1.165, 1.54) is 12.1 Å². The number of nitriles is 1. The Labute approximate surface area is 227 Å². The van der Waals surface area contributed by atoms with Gasteiger partial charge in [0.15, 0.2) is 0 Å². The van der Waals surface area contributed by atoms with Gasteiger partial charge in [-0.3, -0.25) is 9.47 Å². The summed E-state index contributed by atoms with van der Waals surface area (Å²) in [5.41, 5.74) is 4.62. The number of hydrogen-bond acceptors (Lipinski definition) is 4. The number of fused-ring (bicyclic) bond motifs is 3. The summed E-state index contributed by atoms with van der Waals surface area (Å²) in [5.74, 6) is -0.517. The fourth-order valence-corrected chi connectivity index (χ4v) is 5.19. The molecule has 6 nitrogen and oxygen atoms in total. The van der Waals surface area contributed by atoms with E-state index in [1.54, 1.807) is 22.9 Å². The van der Waals surface area contributed by atoms with E-state index in [0.717, 1.165) is 45.2 Å². The molecule has 0 fully saturated rings. The number of carbonyl (C=O) groups is 1. The second kappa shape index (κ2) is 10.9. The Kier molecular flexibility index (Phi) is 7.38. The van der Waals surface area contributed by atoms with Gasteiger partial charge in [-0.2, -0.15) is 5.26 Å². The van der Waals surface area contributed by atoms with E-state index in [0.29, 0.717) is 30.4 Å². The third kappa shape index (κ3) is 5.44. The highest BCUT2D eigenvalue weighted by Crippen LogP contribution is 2.32. The number of halogens is 3. The van der Waals surface area contributed by atoms with Crippen molar-refractivity contribution in [3.63, 3.8) is 0 Å². The molecule has 0 atom stereocenters. The Bertz CT molecular complexity index is 1580. The Morgan fingerprint density at radius 3 is 2.89 bits per heavy atom. The summed E-state index contributed by atoms with van der Waals surface area (Å²) in [6, 6.07) is 15.8. The molecule has 9 heteroatoms. The molecule has 0 bridgehead atoms. The van der Waals surface area contributed by atoms with E-state index in [1.807, 2.05) is 42.5 Å². The smallest absolute Gasteiger partial charge is 0.326 e. The molecule has 0 radical (unpaired) electrons. The summed E-state index contributed by atoms with van der Waals surface area (Å²) in [6.45, 7) is 2.50. The molecule has 0 aliphatic carbocycles. The maximum atomic E-state index is 13.9. The van der Waals surface area contributed by atoms with Crippen LogP contribution >= 0.6 is 27.5 Å². The Balaban J connectivity index is 1.35. The van der Waals surface area contributed by atoms with Gasteiger partial charge in [0.1, 0.15) is 17.0 Å². The molecule has 1 amide bonds. The first-order valence-electron chi connectivity index (χ1n) is 11.7. The van der Waals surface area contributed by atoms with E-state index in [-0.39, 0.29) is 11.6 Å². The first-order valence-corrected chi connectivity index (χ1v) is 12.9. The lowest BCUT2D eigenvalue weighted by Gasteiger charge is -2.27. The van der Waals surface area contributed by atoms with Crippen molar-refractivity contribution in [1.29, 1.82) is 5.26 Å². The predicted molar refractivity (Wildman–Crippen MR) is 146 cm³/mol. The summed E-state index contributed by atoms with van der Waals surface area (Å²) in [7, 11) is 0. The zero-order chi connectivity index (χ0) is 25.9. The molecule has 1 N–H and O–H groups in total. The van der Waals surface area contributed by atoms with Gasteiger partial charge in [-0.05, 0) is 53.1 Å². The molecule has 0 spiro atoms. The van der Waals surface area contributed by atoms with E-state index >= 15 is 0 Å². The van der Waals surface area contributed by atoms with Gasteiger partial charge in [0, 0.05) is 54.3 Å². The molecule has 5 rings (SSSR count). The number of hydrogen-bond donors (Lipinski definition) is 1. The summed E-state index contributed by atoms with van der Waals surface area (Å²) >= 11 is 9.53. The molecule has 1 aliphatic rings. The quantitative estimate of drug-likeness (QED) is 0.282. The van der Waals surface area contributed by atoms with E-state index in [9.17, 15) is 9.18 Å². The highest BCUT2D eigenvalue weighted by molar-refractivity contribution is 9.10. The second-order valence-corrected chi connectivity index (χ2v) is 10.1. The predicted octanol–water partition coefficient (Wildman–Crippen LogP) is 6.29. The second-order valence-electron chi connectivity index (χ2n) is 8.81. The van der Waals surface area contributed by atoms with Crippen LogP contribution in [-0.2, 0) is 19.5 Å². The van der Waals surface area contributed by atoms with Crippen molar-refractivity contribution in [2.24, 2.45) is 0 Å². The molecule has 2 aromatic heterocycles. The van der Waals surface area contributed by atoms with Crippen LogP contribution in [0.4, 0.5) is 9.18 Å². The average Bonchev–Trinajstić information content (AvgIpc) is 3.20. The SMILES string of the molecule is N#Cc1ccc(/C=C/CN2CCc3c(c4ccc(Br)cc4n3C(=O)NCc3ccnc(Cl)c3)C2)cc1F. The van der Waals surface area contributed by atoms with Crippen LogP contribution in [0.25, 0.3) is 17.0 Å². The zero-order valence-corrected chi connectivity index (χ0v) is 22.1. The number of pyridine rings is 1. The minimum absolute atomic E-state index is 0.0392. The lowest BCUT2D eigenvalue weighted by molar-refractivity contribution is 0.240. The number of aromatic nitrogens is 2. The van der Waals surface area contributed by atoms with Crippen molar-refractivity contribution in [1.82, 2.24) is 19.8 Å². The van der Waals surface area contributed by atoms with Crippen LogP contribution < -0.4 is 5.32 Å². The van der Waals surface area contributed by atoms with E-state index < -0.39 is 5.82 Å². The number of nitrogens with zero attached hydrogens (tertiary/aromatic N) is 4. The van der Waals surface area contributed by atoms with Gasteiger partial charge in [-0.25, -0.2) is 14.2 Å². The van der Waals surface area contributed by atoms with Crippen LogP contribution in [0.3, 0.4) is 0 Å². The van der Waals surface area contributed by atoms with Crippen LogP contribution in [0.2, 0.25) is 5.15 Å². The summed E-state index contributed by atoms with van der Waals surface area (Å²) in [4.78, 5) is 19.6. The lowest BCUT2D eigenvalue weighted by atomic mass is 10.0. The lowest BCUT2D eigenvalue weighted by Crippen LogP contribution is -2.34. The summed E-state index contributed by atoms with van der Waals surface area (Å²) in [6.07, 6.45) is 6.19. The van der Waals surface area contributed by atoms with Gasteiger partial charge < -0.3 is 5.32 Å². The highest BCUT2D eigenvalue weighted by atomic mass is 79.9. The van der Waals surface area contributed by atoms with E-state index in [2.05, 4.69) is 31.1 Å². The normalized spacial score (nSPS) is 13.6. The number of amides is 1. The standard InChI is InChI=1S/C28H22BrClFN5O/c29-21-5-6-22-23-17-35(10-1-2-18-3-4-20(15-32)24(31)12-18)11-8-25(23)36(26(22)14-21)28(37)34-16-19-7-9-33-27(30)13-19/h1-7,9,12-14H,8,10-11,16-17H2,(H,34,37)/b2-1+. The van der Waals surface area contributed by atoms with Crippen LogP contribution in [0.1, 0.15) is 27.9 Å². The molecule has 3 heterocycles. The van der Waals surface area contributed by atoms with Gasteiger partial charge in [0.05, 0.1) is 11.1 Å². The van der Waals surface area contributed by atoms with Gasteiger partial charge in [0.25, 0.3) is 0 Å². The minimum atomic E-state index is -0.517. The largest absolute Gasteiger partial charge is 0.333 e. The topological polar surface area (TPSA) is 74.0 Å². The molecule has 0 saturated heterocycles. The van der Waals surface area contributed by atoms with Gasteiger partial charge in [0.2, 0.25) is 0 Å². The van der Waals surface area contributed by atoms with Gasteiger partial charge in [-0.15, -0.1) is 0 Å². The Morgan fingerprint density at radius 1 is 1.24 bits per heavy atom. The van der Waals surface area contributed by atoms with Crippen molar-refractivity contribution in [2.45, 2.75) is 19.5 Å². The number of carbonyl (C=O) groups excluding carboxylic acids is 1. The highest BCUT2D eigenvalue weighted by Gasteiger charge is 2.26. The third-order valence-corrected chi connectivity index (χ3v) is 7.12.